The van der Waals surface area contributed by atoms with Gasteiger partial charge in [-0.1, -0.05) is 103 Å². The monoisotopic (exact) mass is 796 g/mol. The van der Waals surface area contributed by atoms with Crippen LogP contribution in [0.5, 0.6) is 0 Å². The molecular weight excluding hydrogens is 739 g/mol. The van der Waals surface area contributed by atoms with Crippen molar-refractivity contribution in [2.24, 2.45) is 29.1 Å². The average Bonchev–Trinajstić information content (AvgIpc) is 3.53. The van der Waals surface area contributed by atoms with Crippen LogP contribution in [0.3, 0.4) is 0 Å². The molecule has 5 aliphatic rings. The van der Waals surface area contributed by atoms with Crippen molar-refractivity contribution in [1.82, 2.24) is 0 Å². The van der Waals surface area contributed by atoms with E-state index < -0.39 is 0 Å². The van der Waals surface area contributed by atoms with Crippen molar-refractivity contribution >= 4 is 24.8 Å². The molecule has 4 fully saturated rings. The zero-order chi connectivity index (χ0) is 35.3. The molecule has 4 saturated carbocycles. The van der Waals surface area contributed by atoms with E-state index in [2.05, 4.69) is 148 Å². The van der Waals surface area contributed by atoms with Gasteiger partial charge in [-0.2, -0.15) is 11.6 Å². The van der Waals surface area contributed by atoms with E-state index in [4.69, 9.17) is 0 Å². The van der Waals surface area contributed by atoms with Crippen LogP contribution in [0.15, 0.2) is 84.0 Å². The molecule has 0 aromatic heterocycles. The SMILES string of the molecule is CC(C)(C)c1ccc2[cH-]c3ccc(C(C)(C)C)cc3c2c1.CC1=[C-]C(C)C=C1CC12CC3CC(CC(C3)C1)C2.C[C](=[Zr+2])c1ccc(C)cc1.[Cl-].[Cl-]. The molecule has 0 heterocycles. The Labute approximate surface area is 337 Å². The van der Waals surface area contributed by atoms with Gasteiger partial charge in [0.1, 0.15) is 0 Å². The molecule has 4 aromatic carbocycles. The molecule has 0 saturated heterocycles. The first-order valence-corrected chi connectivity index (χ1v) is 20.3. The summed E-state index contributed by atoms with van der Waals surface area (Å²) in [6.45, 7) is 22.5. The van der Waals surface area contributed by atoms with Crippen LogP contribution in [0.1, 0.15) is 130 Å². The topological polar surface area (TPSA) is 0 Å². The van der Waals surface area contributed by atoms with Crippen molar-refractivity contribution < 1.29 is 49.0 Å². The maximum atomic E-state index is 3.57. The number of rotatable bonds is 3. The second-order valence-electron chi connectivity index (χ2n) is 18.6. The quantitative estimate of drug-likeness (QED) is 0.191. The average molecular weight is 799 g/mol. The Bertz CT molecular complexity index is 1780. The number of allylic oxidation sites excluding steroid dienone is 4. The van der Waals surface area contributed by atoms with Crippen molar-refractivity contribution in [2.75, 3.05) is 0 Å². The Morgan fingerprint density at radius 3 is 1.57 bits per heavy atom. The minimum absolute atomic E-state index is 0. The maximum Gasteiger partial charge on any atom is -1.00 e. The molecule has 272 valence electrons. The third-order valence-electron chi connectivity index (χ3n) is 12.0. The van der Waals surface area contributed by atoms with Crippen molar-refractivity contribution in [3.05, 3.63) is 112 Å². The van der Waals surface area contributed by atoms with Crippen molar-refractivity contribution in [3.8, 4) is 0 Å². The summed E-state index contributed by atoms with van der Waals surface area (Å²) >= 11 is 1.51. The van der Waals surface area contributed by atoms with Gasteiger partial charge >= 0.3 is 76.7 Å². The standard InChI is InChI=1S/C21H25.C18H25.C9H10.2ClH.Zr/c1-20(2,3)16-9-7-14-11-15-8-10-17(21(4,5)6)13-19(15)18(14)12-16;1-12-3-13(2)17(4-12)11-18-8-14-5-15(9-18)7-16(6-14)10-18;1-3-9-6-4-8(2)5-7-9;;;/h7-13H,1-6H3;4,12,14-16H,5-11H2,1-2H3;4-7H,1-2H3;2*1H;/q2*-1;;;;+2/p-2. The Morgan fingerprint density at radius 2 is 1.20 bits per heavy atom. The zero-order valence-electron chi connectivity index (χ0n) is 32.9. The van der Waals surface area contributed by atoms with Gasteiger partial charge in [0.25, 0.3) is 0 Å². The van der Waals surface area contributed by atoms with Crippen LogP contribution in [0.4, 0.5) is 0 Å². The Balaban J connectivity index is 0.000000178. The number of hydrogen-bond donors (Lipinski definition) is 0. The molecule has 51 heavy (non-hydrogen) atoms. The first-order chi connectivity index (χ1) is 23.0. The Hall–Kier alpha value is -1.66. The Morgan fingerprint density at radius 1 is 0.745 bits per heavy atom. The molecule has 0 nitrogen and oxygen atoms in total. The molecule has 4 aromatic rings. The van der Waals surface area contributed by atoms with Gasteiger partial charge in [-0.3, -0.25) is 6.08 Å². The van der Waals surface area contributed by atoms with Gasteiger partial charge in [-0.15, -0.1) is 39.7 Å². The first kappa shape index (κ1) is 42.1. The van der Waals surface area contributed by atoms with Crippen LogP contribution in [0.25, 0.3) is 21.5 Å². The van der Waals surface area contributed by atoms with E-state index in [0.29, 0.717) is 11.3 Å². The minimum Gasteiger partial charge on any atom is -1.00 e. The summed E-state index contributed by atoms with van der Waals surface area (Å²) in [5.41, 5.74) is 9.71. The molecule has 0 N–H and O–H groups in total. The van der Waals surface area contributed by atoms with Crippen molar-refractivity contribution in [3.63, 3.8) is 0 Å². The smallest absolute Gasteiger partial charge is 1.00 e. The fourth-order valence-corrected chi connectivity index (χ4v) is 10.1. The largest absolute Gasteiger partial charge is 1.00 e. The molecule has 0 aliphatic heterocycles. The van der Waals surface area contributed by atoms with Gasteiger partial charge in [0.05, 0.1) is 0 Å². The van der Waals surface area contributed by atoms with E-state index in [9.17, 15) is 0 Å². The van der Waals surface area contributed by atoms with E-state index >= 15 is 0 Å². The number of hydrogen-bond acceptors (Lipinski definition) is 0. The van der Waals surface area contributed by atoms with Gasteiger partial charge < -0.3 is 24.8 Å². The summed E-state index contributed by atoms with van der Waals surface area (Å²) in [5.74, 6) is 3.82. The van der Waals surface area contributed by atoms with E-state index in [1.807, 2.05) is 0 Å². The Kier molecular flexibility index (Phi) is 13.5. The van der Waals surface area contributed by atoms with Crippen LogP contribution in [-0.4, -0.2) is 3.21 Å². The van der Waals surface area contributed by atoms with E-state index in [-0.39, 0.29) is 35.6 Å². The molecule has 5 aliphatic carbocycles. The summed E-state index contributed by atoms with van der Waals surface area (Å²) in [6.07, 6.45) is 16.7. The molecule has 0 spiro atoms. The number of benzene rings is 3. The zero-order valence-corrected chi connectivity index (χ0v) is 36.9. The molecular formula is C48H60Cl2Zr-2. The predicted octanol–water partition coefficient (Wildman–Crippen LogP) is 7.32. The summed E-state index contributed by atoms with van der Waals surface area (Å²) in [7, 11) is 0. The normalized spacial score (nSPS) is 24.8. The second kappa shape index (κ2) is 16.4. The second-order valence-corrected chi connectivity index (χ2v) is 20.4. The predicted molar refractivity (Wildman–Crippen MR) is 210 cm³/mol. The number of fused-ring (bicyclic) bond motifs is 3. The van der Waals surface area contributed by atoms with Crippen LogP contribution in [0.2, 0.25) is 0 Å². The molecule has 1 unspecified atom stereocenters. The van der Waals surface area contributed by atoms with E-state index in [1.54, 1.807) is 44.1 Å². The third-order valence-corrected chi connectivity index (χ3v) is 12.7. The minimum atomic E-state index is 0. The van der Waals surface area contributed by atoms with Crippen LogP contribution < -0.4 is 24.8 Å². The summed E-state index contributed by atoms with van der Waals surface area (Å²) < 4.78 is 1.46. The molecule has 0 amide bonds. The van der Waals surface area contributed by atoms with Crippen LogP contribution in [0, 0.1) is 42.1 Å². The van der Waals surface area contributed by atoms with Gasteiger partial charge in [0.15, 0.2) is 0 Å². The van der Waals surface area contributed by atoms with E-state index in [0.717, 1.165) is 17.8 Å². The third kappa shape index (κ3) is 9.91. The molecule has 4 bridgehead atoms. The van der Waals surface area contributed by atoms with Gasteiger partial charge in [0, 0.05) is 0 Å². The summed E-state index contributed by atoms with van der Waals surface area (Å²) in [4.78, 5) is 0. The molecule has 1 atom stereocenters. The van der Waals surface area contributed by atoms with Gasteiger partial charge in [-0.05, 0) is 72.5 Å². The maximum absolute atomic E-state index is 3.57. The summed E-state index contributed by atoms with van der Waals surface area (Å²) in [5, 5.41) is 5.49. The fourth-order valence-electron chi connectivity index (χ4n) is 9.74. The van der Waals surface area contributed by atoms with Gasteiger partial charge in [0.2, 0.25) is 0 Å². The molecule has 3 heteroatoms. The number of aryl methyl sites for hydroxylation is 1. The van der Waals surface area contributed by atoms with E-state index in [1.165, 1.54) is 83.2 Å². The van der Waals surface area contributed by atoms with Crippen LogP contribution >= 0.6 is 0 Å². The molecule has 0 radical (unpaired) electrons. The first-order valence-electron chi connectivity index (χ1n) is 19.1. The summed E-state index contributed by atoms with van der Waals surface area (Å²) in [6, 6.07) is 24.8. The van der Waals surface area contributed by atoms with Gasteiger partial charge in [-0.25, -0.2) is 5.57 Å². The van der Waals surface area contributed by atoms with Crippen molar-refractivity contribution in [2.45, 2.75) is 125 Å². The van der Waals surface area contributed by atoms with Crippen molar-refractivity contribution in [1.29, 1.82) is 0 Å². The number of halogens is 2. The molecule has 9 rings (SSSR count). The van der Waals surface area contributed by atoms with Crippen LogP contribution in [-0.2, 0) is 35.1 Å². The fraction of sp³-hybridized carbons (Fsp3) is 0.500.